The van der Waals surface area contributed by atoms with E-state index in [2.05, 4.69) is 17.2 Å². The van der Waals surface area contributed by atoms with Gasteiger partial charge in [-0.2, -0.15) is 0 Å². The average molecular weight is 615 g/mol. The number of aryl methyl sites for hydroxylation is 1. The summed E-state index contributed by atoms with van der Waals surface area (Å²) in [4.78, 5) is 30.3. The molecule has 0 radical (unpaired) electrons. The Labute approximate surface area is 262 Å². The van der Waals surface area contributed by atoms with Crippen LogP contribution >= 0.6 is 0 Å². The zero-order chi connectivity index (χ0) is 31.8. The molecule has 3 aromatic carbocycles. The van der Waals surface area contributed by atoms with Crippen molar-refractivity contribution in [1.29, 1.82) is 0 Å². The number of unbranched alkanes of at least 4 members (excludes halogenated alkanes) is 1. The van der Waals surface area contributed by atoms with Gasteiger partial charge >= 0.3 is 11.8 Å². The number of hydrogen-bond acceptors (Lipinski definition) is 7. The number of ether oxygens (including phenoxy) is 3. The fraction of sp³-hybridized carbons (Fsp3) is 0.343. The zero-order valence-corrected chi connectivity index (χ0v) is 25.7. The Morgan fingerprint density at radius 1 is 0.978 bits per heavy atom. The molecule has 1 aliphatic heterocycles. The van der Waals surface area contributed by atoms with E-state index >= 15 is 4.39 Å². The third kappa shape index (κ3) is 7.88. The lowest BCUT2D eigenvalue weighted by Gasteiger charge is -2.23. The lowest BCUT2D eigenvalue weighted by Crippen LogP contribution is -2.40. The minimum Gasteiger partial charge on any atom is -0.493 e. The highest BCUT2D eigenvalue weighted by Crippen LogP contribution is 2.38. The van der Waals surface area contributed by atoms with Crippen LogP contribution in [0.2, 0.25) is 0 Å². The number of rotatable bonds is 12. The number of nitrogens with one attached hydrogen (secondary N) is 1. The molecule has 0 spiro atoms. The lowest BCUT2D eigenvalue weighted by atomic mass is 9.99. The SMILES string of the molecule is CCCCc1ccc(CN(C(=O)C(N)=O)c2ccc(Oc3ccnc4cc(OCC5CCNCC5)c(OC)cc34)c(F)c2)cc1. The number of benzene rings is 3. The quantitative estimate of drug-likeness (QED) is 0.191. The Hall–Kier alpha value is -4.70. The van der Waals surface area contributed by atoms with Crippen LogP contribution < -0.4 is 30.2 Å². The molecule has 0 saturated carbocycles. The van der Waals surface area contributed by atoms with E-state index in [4.69, 9.17) is 19.9 Å². The van der Waals surface area contributed by atoms with Gasteiger partial charge in [0.2, 0.25) is 0 Å². The molecule has 10 heteroatoms. The Balaban J connectivity index is 1.36. The van der Waals surface area contributed by atoms with Crippen molar-refractivity contribution in [2.24, 2.45) is 11.7 Å². The van der Waals surface area contributed by atoms with Crippen molar-refractivity contribution < 1.29 is 28.2 Å². The first-order chi connectivity index (χ1) is 21.9. The van der Waals surface area contributed by atoms with Crippen molar-refractivity contribution in [3.63, 3.8) is 0 Å². The smallest absolute Gasteiger partial charge is 0.316 e. The van der Waals surface area contributed by atoms with Crippen LogP contribution in [0, 0.1) is 11.7 Å². The Morgan fingerprint density at radius 2 is 1.73 bits per heavy atom. The van der Waals surface area contributed by atoms with Gasteiger partial charge in [-0.3, -0.25) is 19.5 Å². The van der Waals surface area contributed by atoms with Crippen LogP contribution in [0.15, 0.2) is 66.9 Å². The van der Waals surface area contributed by atoms with E-state index in [9.17, 15) is 9.59 Å². The molecule has 1 fully saturated rings. The van der Waals surface area contributed by atoms with Crippen LogP contribution in [0.5, 0.6) is 23.0 Å². The third-order valence-electron chi connectivity index (χ3n) is 8.01. The van der Waals surface area contributed by atoms with Crippen molar-refractivity contribution in [2.45, 2.75) is 45.6 Å². The number of hydrogen-bond donors (Lipinski definition) is 2. The Morgan fingerprint density at radius 3 is 2.42 bits per heavy atom. The van der Waals surface area contributed by atoms with Crippen molar-refractivity contribution in [1.82, 2.24) is 10.3 Å². The highest BCUT2D eigenvalue weighted by atomic mass is 19.1. The monoisotopic (exact) mass is 614 g/mol. The summed E-state index contributed by atoms with van der Waals surface area (Å²) in [6.07, 6.45) is 6.81. The largest absolute Gasteiger partial charge is 0.493 e. The van der Waals surface area contributed by atoms with Gasteiger partial charge in [0.05, 0.1) is 25.8 Å². The van der Waals surface area contributed by atoms with Gasteiger partial charge < -0.3 is 25.3 Å². The molecule has 45 heavy (non-hydrogen) atoms. The van der Waals surface area contributed by atoms with Gasteiger partial charge in [0, 0.05) is 29.4 Å². The standard InChI is InChI=1S/C35H39FN4O5/c1-3-4-5-23-6-8-24(9-7-23)21-40(35(42)34(37)41)26-10-11-31(28(36)18-26)45-30-14-17-39-29-20-33(32(43-2)19-27(29)30)44-22-25-12-15-38-16-13-25/h6-11,14,17-20,25,38H,3-5,12-13,15-16,21-22H2,1-2H3,(H2,37,41). The number of nitrogens with two attached hydrogens (primary N) is 1. The molecule has 0 aliphatic carbocycles. The van der Waals surface area contributed by atoms with E-state index in [1.807, 2.05) is 24.3 Å². The molecule has 9 nitrogen and oxygen atoms in total. The summed E-state index contributed by atoms with van der Waals surface area (Å²) < 4.78 is 33.3. The number of piperidine rings is 1. The zero-order valence-electron chi connectivity index (χ0n) is 25.7. The molecule has 5 rings (SSSR count). The first-order valence-electron chi connectivity index (χ1n) is 15.3. The minimum absolute atomic E-state index is 0.0479. The summed E-state index contributed by atoms with van der Waals surface area (Å²) in [5.41, 5.74) is 8.09. The number of methoxy groups -OCH3 is 1. The van der Waals surface area contributed by atoms with Gasteiger partial charge in [-0.15, -0.1) is 0 Å². The maximum atomic E-state index is 15.5. The molecule has 1 aliphatic rings. The fourth-order valence-electron chi connectivity index (χ4n) is 5.39. The van der Waals surface area contributed by atoms with Crippen LogP contribution in [0.3, 0.4) is 0 Å². The second kappa shape index (κ2) is 14.9. The Kier molecular flexibility index (Phi) is 10.5. The van der Waals surface area contributed by atoms with Gasteiger partial charge in [0.25, 0.3) is 0 Å². The van der Waals surface area contributed by atoms with Gasteiger partial charge in [-0.05, 0) is 80.1 Å². The summed E-state index contributed by atoms with van der Waals surface area (Å²) in [6.45, 7) is 4.73. The number of nitrogens with zero attached hydrogens (tertiary/aromatic N) is 2. The highest BCUT2D eigenvalue weighted by Gasteiger charge is 2.23. The molecule has 1 saturated heterocycles. The number of aromatic nitrogens is 1. The first-order valence-corrected chi connectivity index (χ1v) is 15.3. The van der Waals surface area contributed by atoms with Crippen molar-refractivity contribution >= 4 is 28.4 Å². The van der Waals surface area contributed by atoms with E-state index in [1.165, 1.54) is 17.7 Å². The summed E-state index contributed by atoms with van der Waals surface area (Å²) in [5.74, 6) is -0.932. The number of carbonyl (C=O) groups excluding carboxylic acids is 2. The fourth-order valence-corrected chi connectivity index (χ4v) is 5.39. The number of carbonyl (C=O) groups is 2. The van der Waals surface area contributed by atoms with Crippen LogP contribution in [-0.4, -0.2) is 43.6 Å². The molecule has 0 atom stereocenters. The average Bonchev–Trinajstić information content (AvgIpc) is 3.06. The third-order valence-corrected chi connectivity index (χ3v) is 8.01. The number of amides is 2. The molecule has 0 bridgehead atoms. The van der Waals surface area contributed by atoms with Gasteiger partial charge in [0.15, 0.2) is 23.1 Å². The number of anilines is 1. The predicted molar refractivity (Wildman–Crippen MR) is 171 cm³/mol. The molecule has 1 aromatic heterocycles. The van der Waals surface area contributed by atoms with E-state index < -0.39 is 17.6 Å². The lowest BCUT2D eigenvalue weighted by molar-refractivity contribution is -0.135. The summed E-state index contributed by atoms with van der Waals surface area (Å²) in [5, 5.41) is 3.97. The summed E-state index contributed by atoms with van der Waals surface area (Å²) in [7, 11) is 1.56. The molecule has 2 heterocycles. The van der Waals surface area contributed by atoms with Gasteiger partial charge in [-0.1, -0.05) is 37.6 Å². The topological polar surface area (TPSA) is 116 Å². The van der Waals surface area contributed by atoms with Gasteiger partial charge in [0.1, 0.15) is 5.75 Å². The number of pyridine rings is 1. The van der Waals surface area contributed by atoms with E-state index in [0.717, 1.165) is 61.7 Å². The first kappa shape index (κ1) is 31.7. The van der Waals surface area contributed by atoms with Crippen LogP contribution in [0.4, 0.5) is 10.1 Å². The van der Waals surface area contributed by atoms with Crippen LogP contribution in [0.25, 0.3) is 10.9 Å². The highest BCUT2D eigenvalue weighted by molar-refractivity contribution is 6.39. The molecule has 236 valence electrons. The predicted octanol–water partition coefficient (Wildman–Crippen LogP) is 5.91. The second-order valence-corrected chi connectivity index (χ2v) is 11.2. The van der Waals surface area contributed by atoms with Crippen LogP contribution in [-0.2, 0) is 22.6 Å². The van der Waals surface area contributed by atoms with Crippen LogP contribution in [0.1, 0.15) is 43.7 Å². The van der Waals surface area contributed by atoms with Crippen molar-refractivity contribution in [2.75, 3.05) is 31.7 Å². The second-order valence-electron chi connectivity index (χ2n) is 11.2. The summed E-state index contributed by atoms with van der Waals surface area (Å²) in [6, 6.07) is 17.1. The van der Waals surface area contributed by atoms with Crippen molar-refractivity contribution in [3.8, 4) is 23.0 Å². The number of halogens is 1. The maximum Gasteiger partial charge on any atom is 0.316 e. The number of fused-ring (bicyclic) bond motifs is 1. The minimum atomic E-state index is -1.13. The van der Waals surface area contributed by atoms with E-state index in [-0.39, 0.29) is 18.0 Å². The van der Waals surface area contributed by atoms with Crippen molar-refractivity contribution in [3.05, 3.63) is 83.8 Å². The molecule has 0 unspecified atom stereocenters. The maximum absolute atomic E-state index is 15.5. The molecular weight excluding hydrogens is 575 g/mol. The van der Waals surface area contributed by atoms with E-state index in [0.29, 0.717) is 40.7 Å². The summed E-state index contributed by atoms with van der Waals surface area (Å²) >= 11 is 0. The normalized spacial score (nSPS) is 13.4. The Bertz CT molecular complexity index is 1640. The van der Waals surface area contributed by atoms with Gasteiger partial charge in [-0.25, -0.2) is 4.39 Å². The molecular formula is C35H39FN4O5. The molecule has 3 N–H and O–H groups in total. The van der Waals surface area contributed by atoms with E-state index in [1.54, 1.807) is 31.5 Å². The molecule has 4 aromatic rings. The molecule has 2 amide bonds. The number of primary amides is 1.